The number of unbranched alkanes of at least 4 members (excludes halogenated alkanes) is 1. The zero-order chi connectivity index (χ0) is 28.1. The second-order valence-electron chi connectivity index (χ2n) is 13.6. The molecule has 8 atom stereocenters. The van der Waals surface area contributed by atoms with Gasteiger partial charge in [-0.1, -0.05) is 33.3 Å². The number of ether oxygens (including phenoxy) is 2. The van der Waals surface area contributed by atoms with E-state index in [4.69, 9.17) is 9.47 Å². The number of rotatable bonds is 7. The van der Waals surface area contributed by atoms with Gasteiger partial charge < -0.3 is 29.7 Å². The number of ketones is 1. The van der Waals surface area contributed by atoms with E-state index in [1.807, 2.05) is 13.8 Å². The van der Waals surface area contributed by atoms with Gasteiger partial charge in [-0.3, -0.25) is 9.59 Å². The lowest BCUT2D eigenvalue weighted by molar-refractivity contribution is -0.370. The number of Topliss-reactive ketones (excluding diaryl/α,β-unsaturated/α-hetero) is 1. The minimum Gasteiger partial charge on any atom is -0.456 e. The van der Waals surface area contributed by atoms with Crippen LogP contribution in [0.5, 0.6) is 0 Å². The molecular formula is C30H49NO7. The Balaban J connectivity index is 1.63. The van der Waals surface area contributed by atoms with Crippen LogP contribution in [0.4, 0.5) is 0 Å². The van der Waals surface area contributed by atoms with E-state index < -0.39 is 63.6 Å². The highest BCUT2D eigenvalue weighted by Crippen LogP contribution is 2.67. The van der Waals surface area contributed by atoms with Gasteiger partial charge in [0, 0.05) is 24.2 Å². The smallest absolute Gasteiger partial charge is 0.306 e. The zero-order valence-corrected chi connectivity index (χ0v) is 24.0. The molecule has 4 aliphatic rings. The molecule has 0 aromatic heterocycles. The summed E-state index contributed by atoms with van der Waals surface area (Å²) >= 11 is 0. The minimum atomic E-state index is -2.19. The molecule has 2 aliphatic heterocycles. The molecule has 8 nitrogen and oxygen atoms in total. The van der Waals surface area contributed by atoms with E-state index in [-0.39, 0.29) is 12.8 Å². The van der Waals surface area contributed by atoms with E-state index in [1.54, 1.807) is 20.8 Å². The molecule has 216 valence electrons. The highest BCUT2D eigenvalue weighted by atomic mass is 16.6. The number of fused-ring (bicyclic) bond motifs is 3. The molecule has 0 aromatic carbocycles. The Morgan fingerprint density at radius 2 is 1.79 bits per heavy atom. The minimum absolute atomic E-state index is 0.134. The highest BCUT2D eigenvalue weighted by Gasteiger charge is 2.81. The lowest BCUT2D eigenvalue weighted by Crippen LogP contribution is -2.86. The van der Waals surface area contributed by atoms with Gasteiger partial charge in [0.2, 0.25) is 0 Å². The number of carbonyl (C=O) groups excluding carboxylic acids is 2. The van der Waals surface area contributed by atoms with Crippen LogP contribution in [0.25, 0.3) is 0 Å². The molecule has 0 bridgehead atoms. The van der Waals surface area contributed by atoms with Crippen LogP contribution in [0, 0.1) is 16.7 Å². The summed E-state index contributed by atoms with van der Waals surface area (Å²) in [4.78, 5) is 29.5. The van der Waals surface area contributed by atoms with Gasteiger partial charge in [0.15, 0.2) is 17.5 Å². The Morgan fingerprint density at radius 1 is 1.13 bits per heavy atom. The van der Waals surface area contributed by atoms with Gasteiger partial charge in [-0.25, -0.2) is 0 Å². The second-order valence-corrected chi connectivity index (χ2v) is 13.6. The van der Waals surface area contributed by atoms with Crippen molar-refractivity contribution in [2.45, 2.75) is 128 Å². The third-order valence-electron chi connectivity index (χ3n) is 10.5. The van der Waals surface area contributed by atoms with Gasteiger partial charge in [0.1, 0.15) is 5.60 Å². The predicted molar refractivity (Wildman–Crippen MR) is 143 cm³/mol. The lowest BCUT2D eigenvalue weighted by Gasteiger charge is -2.71. The molecule has 4 unspecified atom stereocenters. The molecule has 0 spiro atoms. The Kier molecular flexibility index (Phi) is 8.01. The Bertz CT molecular complexity index is 932. The van der Waals surface area contributed by atoms with E-state index in [0.717, 1.165) is 26.1 Å². The van der Waals surface area contributed by atoms with Crippen LogP contribution >= 0.6 is 0 Å². The summed E-state index contributed by atoms with van der Waals surface area (Å²) in [5.74, 6) is -1.70. The number of aliphatic hydroxyl groups is 3. The third kappa shape index (κ3) is 4.48. The SMILES string of the molecule is C=C[C@@]1(C)CC(=O)[C@]2(O)C3(C)C(C(O)C(OC(=O)CCCCN4CCCCC4)[C@@]2(C)O1)C(C)(C)CC[C@@H]3O. The normalized spacial score (nSPS) is 45.1. The third-order valence-corrected chi connectivity index (χ3v) is 10.5. The number of nitrogens with zero attached hydrogens (tertiary/aromatic N) is 1. The van der Waals surface area contributed by atoms with E-state index >= 15 is 0 Å². The van der Waals surface area contributed by atoms with Gasteiger partial charge in [0.05, 0.1) is 17.8 Å². The van der Waals surface area contributed by atoms with E-state index in [1.165, 1.54) is 25.3 Å². The number of hydrogen-bond acceptors (Lipinski definition) is 8. The van der Waals surface area contributed by atoms with Crippen molar-refractivity contribution in [2.75, 3.05) is 19.6 Å². The van der Waals surface area contributed by atoms with Crippen LogP contribution in [0.15, 0.2) is 12.7 Å². The maximum absolute atomic E-state index is 13.9. The topological polar surface area (TPSA) is 117 Å². The molecule has 38 heavy (non-hydrogen) atoms. The molecule has 0 aromatic rings. The summed E-state index contributed by atoms with van der Waals surface area (Å²) < 4.78 is 12.5. The molecule has 2 heterocycles. The van der Waals surface area contributed by atoms with Crippen LogP contribution in [0.3, 0.4) is 0 Å². The summed E-state index contributed by atoms with van der Waals surface area (Å²) in [5.41, 5.74) is -7.07. The molecule has 2 saturated heterocycles. The maximum Gasteiger partial charge on any atom is 0.306 e. The fraction of sp³-hybridized carbons (Fsp3) is 0.867. The van der Waals surface area contributed by atoms with Crippen molar-refractivity contribution in [3.63, 3.8) is 0 Å². The average molecular weight is 536 g/mol. The molecule has 4 fully saturated rings. The number of carbonyl (C=O) groups is 2. The first-order valence-corrected chi connectivity index (χ1v) is 14.5. The second kappa shape index (κ2) is 10.3. The summed E-state index contributed by atoms with van der Waals surface area (Å²) in [6.45, 7) is 15.8. The molecule has 0 radical (unpaired) electrons. The molecule has 8 heteroatoms. The fourth-order valence-corrected chi connectivity index (χ4v) is 8.47. The first-order chi connectivity index (χ1) is 17.7. The van der Waals surface area contributed by atoms with Crippen molar-refractivity contribution < 1.29 is 34.4 Å². The van der Waals surface area contributed by atoms with Gasteiger partial charge in [-0.15, -0.1) is 6.58 Å². The van der Waals surface area contributed by atoms with E-state index in [9.17, 15) is 24.9 Å². The van der Waals surface area contributed by atoms with E-state index in [2.05, 4.69) is 11.5 Å². The molecule has 3 N–H and O–H groups in total. The first kappa shape index (κ1) is 29.7. The average Bonchev–Trinajstić information content (AvgIpc) is 2.85. The quantitative estimate of drug-likeness (QED) is 0.259. The van der Waals surface area contributed by atoms with Crippen molar-refractivity contribution in [3.8, 4) is 0 Å². The first-order valence-electron chi connectivity index (χ1n) is 14.5. The van der Waals surface area contributed by atoms with Gasteiger partial charge >= 0.3 is 5.97 Å². The van der Waals surface area contributed by atoms with Crippen LogP contribution in [-0.4, -0.2) is 86.7 Å². The number of hydrogen-bond donors (Lipinski definition) is 3. The number of aliphatic hydroxyl groups excluding tert-OH is 2. The summed E-state index contributed by atoms with van der Waals surface area (Å²) in [7, 11) is 0. The number of esters is 1. The van der Waals surface area contributed by atoms with Crippen molar-refractivity contribution in [3.05, 3.63) is 12.7 Å². The van der Waals surface area contributed by atoms with Crippen LogP contribution in [-0.2, 0) is 19.1 Å². The standard InChI is InChI=1S/C30H49NO7/c1-7-27(4)19-21(33)30(36)28(5)20(32)14-15-26(2,3)24(28)23(35)25(29(30,6)38-27)37-22(34)13-9-12-18-31-16-10-8-11-17-31/h7,20,23-25,32,35-36H,1,8-19H2,2-6H3/t20-,23?,24?,25?,27-,28?,29+,30-/m0/s1. The lowest BCUT2D eigenvalue weighted by atomic mass is 9.40. The zero-order valence-electron chi connectivity index (χ0n) is 24.0. The van der Waals surface area contributed by atoms with E-state index in [0.29, 0.717) is 19.3 Å². The van der Waals surface area contributed by atoms with Gasteiger partial charge in [-0.05, 0) is 77.4 Å². The molecule has 4 rings (SSSR count). The van der Waals surface area contributed by atoms with Crippen LogP contribution < -0.4 is 0 Å². The predicted octanol–water partition coefficient (Wildman–Crippen LogP) is 3.16. The van der Waals surface area contributed by atoms with Crippen molar-refractivity contribution >= 4 is 11.8 Å². The monoisotopic (exact) mass is 535 g/mol. The summed E-state index contributed by atoms with van der Waals surface area (Å²) in [6, 6.07) is 0. The van der Waals surface area contributed by atoms with Crippen LogP contribution in [0.2, 0.25) is 0 Å². The van der Waals surface area contributed by atoms with Crippen LogP contribution in [0.1, 0.15) is 92.4 Å². The molecule has 0 amide bonds. The Morgan fingerprint density at radius 3 is 2.42 bits per heavy atom. The number of likely N-dealkylation sites (tertiary alicyclic amines) is 1. The Labute approximate surface area is 227 Å². The Hall–Kier alpha value is -1.32. The highest BCUT2D eigenvalue weighted by molar-refractivity contribution is 5.92. The summed E-state index contributed by atoms with van der Waals surface area (Å²) in [5, 5.41) is 35.7. The van der Waals surface area contributed by atoms with Gasteiger partial charge in [0.25, 0.3) is 0 Å². The largest absolute Gasteiger partial charge is 0.456 e. The molecule has 2 saturated carbocycles. The van der Waals surface area contributed by atoms with Crippen molar-refractivity contribution in [1.82, 2.24) is 4.90 Å². The molecule has 2 aliphatic carbocycles. The number of piperidine rings is 1. The van der Waals surface area contributed by atoms with Crippen molar-refractivity contribution in [2.24, 2.45) is 16.7 Å². The van der Waals surface area contributed by atoms with Gasteiger partial charge in [-0.2, -0.15) is 0 Å². The summed E-state index contributed by atoms with van der Waals surface area (Å²) in [6.07, 6.45) is 4.14. The maximum atomic E-state index is 13.9. The molecular weight excluding hydrogens is 486 g/mol. The van der Waals surface area contributed by atoms with Crippen molar-refractivity contribution in [1.29, 1.82) is 0 Å². The fourth-order valence-electron chi connectivity index (χ4n) is 8.47.